The van der Waals surface area contributed by atoms with Gasteiger partial charge in [0.1, 0.15) is 0 Å². The first-order valence-electron chi connectivity index (χ1n) is 4.64. The van der Waals surface area contributed by atoms with Crippen LogP contribution in [0.25, 0.3) is 0 Å². The number of rotatable bonds is 3. The highest BCUT2D eigenvalue weighted by atomic mass is 16.5. The second-order valence-electron chi connectivity index (χ2n) is 3.17. The predicted octanol–water partition coefficient (Wildman–Crippen LogP) is 1.78. The first-order chi connectivity index (χ1) is 6.66. The first-order valence-corrected chi connectivity index (χ1v) is 4.64. The molecular weight excluding hydrogens is 180 g/mol. The molecule has 0 saturated carbocycles. The lowest BCUT2D eigenvalue weighted by Gasteiger charge is -2.08. The van der Waals surface area contributed by atoms with Crippen molar-refractivity contribution >= 4 is 5.97 Å². The fraction of sp³-hybridized carbons (Fsp3) is 0.500. The Hall–Kier alpha value is -1.45. The molecule has 4 heteroatoms. The van der Waals surface area contributed by atoms with Gasteiger partial charge in [0.2, 0.25) is 0 Å². The molecule has 0 atom stereocenters. The number of esters is 1. The molecule has 0 N–H and O–H groups in total. The highest BCUT2D eigenvalue weighted by Crippen LogP contribution is 2.14. The first kappa shape index (κ1) is 10.6. The quantitative estimate of drug-likeness (QED) is 0.688. The summed E-state index contributed by atoms with van der Waals surface area (Å²) in [5.74, 6) is -0.229. The summed E-state index contributed by atoms with van der Waals surface area (Å²) in [7, 11) is 0. The Balaban J connectivity index is 3.00. The molecule has 0 aliphatic rings. The second kappa shape index (κ2) is 4.69. The van der Waals surface area contributed by atoms with Gasteiger partial charge in [-0.15, -0.1) is 0 Å². The standard InChI is InChI=1S/C10H14N2O2/c1-4-14-10(13)9-8(7(2)3)11-5-6-12-9/h5-7H,4H2,1-3H3. The maximum atomic E-state index is 11.4. The molecule has 1 aromatic rings. The van der Waals surface area contributed by atoms with Crippen molar-refractivity contribution in [1.82, 2.24) is 9.97 Å². The minimum atomic E-state index is -0.399. The van der Waals surface area contributed by atoms with E-state index in [1.165, 1.54) is 6.20 Å². The third-order valence-corrected chi connectivity index (χ3v) is 1.74. The Labute approximate surface area is 83.3 Å². The molecule has 0 fully saturated rings. The van der Waals surface area contributed by atoms with Gasteiger partial charge < -0.3 is 4.74 Å². The summed E-state index contributed by atoms with van der Waals surface area (Å²) in [6.45, 7) is 6.05. The van der Waals surface area contributed by atoms with Crippen LogP contribution >= 0.6 is 0 Å². The fourth-order valence-electron chi connectivity index (χ4n) is 1.13. The highest BCUT2D eigenvalue weighted by molar-refractivity contribution is 5.88. The van der Waals surface area contributed by atoms with E-state index in [9.17, 15) is 4.79 Å². The molecule has 0 amide bonds. The molecule has 14 heavy (non-hydrogen) atoms. The lowest BCUT2D eigenvalue weighted by Crippen LogP contribution is -2.12. The second-order valence-corrected chi connectivity index (χ2v) is 3.17. The lowest BCUT2D eigenvalue weighted by molar-refractivity contribution is 0.0517. The summed E-state index contributed by atoms with van der Waals surface area (Å²) in [5.41, 5.74) is 1.01. The van der Waals surface area contributed by atoms with Crippen LogP contribution in [0.5, 0.6) is 0 Å². The molecule has 0 aliphatic carbocycles. The molecule has 0 unspecified atom stereocenters. The van der Waals surface area contributed by atoms with E-state index in [0.29, 0.717) is 18.0 Å². The average Bonchev–Trinajstić information content (AvgIpc) is 2.18. The topological polar surface area (TPSA) is 52.1 Å². The molecule has 4 nitrogen and oxygen atoms in total. The molecule has 1 aromatic heterocycles. The van der Waals surface area contributed by atoms with Crippen molar-refractivity contribution in [3.63, 3.8) is 0 Å². The van der Waals surface area contributed by atoms with Gasteiger partial charge >= 0.3 is 5.97 Å². The van der Waals surface area contributed by atoms with Gasteiger partial charge in [0.15, 0.2) is 5.69 Å². The lowest BCUT2D eigenvalue weighted by atomic mass is 10.1. The maximum Gasteiger partial charge on any atom is 0.358 e. The molecule has 0 spiro atoms. The van der Waals surface area contributed by atoms with Crippen LogP contribution in [0.15, 0.2) is 12.4 Å². The van der Waals surface area contributed by atoms with E-state index < -0.39 is 5.97 Å². The van der Waals surface area contributed by atoms with E-state index in [1.807, 2.05) is 13.8 Å². The molecule has 0 aromatic carbocycles. The van der Waals surface area contributed by atoms with Crippen LogP contribution in [0.3, 0.4) is 0 Å². The molecule has 76 valence electrons. The zero-order chi connectivity index (χ0) is 10.6. The Kier molecular flexibility index (Phi) is 3.56. The van der Waals surface area contributed by atoms with Crippen LogP contribution in [-0.2, 0) is 4.74 Å². The molecule has 0 radical (unpaired) electrons. The smallest absolute Gasteiger partial charge is 0.358 e. The highest BCUT2D eigenvalue weighted by Gasteiger charge is 2.16. The van der Waals surface area contributed by atoms with Crippen molar-refractivity contribution in [2.75, 3.05) is 6.61 Å². The summed E-state index contributed by atoms with van der Waals surface area (Å²) in [5, 5.41) is 0. The van der Waals surface area contributed by atoms with Crippen LogP contribution in [0.4, 0.5) is 0 Å². The van der Waals surface area contributed by atoms with Crippen LogP contribution < -0.4 is 0 Å². The van der Waals surface area contributed by atoms with Gasteiger partial charge in [-0.2, -0.15) is 0 Å². The third kappa shape index (κ3) is 2.28. The number of ether oxygens (including phenoxy) is 1. The van der Waals surface area contributed by atoms with Gasteiger partial charge in [0.25, 0.3) is 0 Å². The number of nitrogens with zero attached hydrogens (tertiary/aromatic N) is 2. The predicted molar refractivity (Wildman–Crippen MR) is 52.1 cm³/mol. The van der Waals surface area contributed by atoms with E-state index in [4.69, 9.17) is 4.74 Å². The molecule has 0 aliphatic heterocycles. The van der Waals surface area contributed by atoms with Crippen molar-refractivity contribution in [3.8, 4) is 0 Å². The van der Waals surface area contributed by atoms with Gasteiger partial charge in [-0.1, -0.05) is 13.8 Å². The normalized spacial score (nSPS) is 10.3. The van der Waals surface area contributed by atoms with Crippen molar-refractivity contribution in [2.45, 2.75) is 26.7 Å². The van der Waals surface area contributed by atoms with Crippen LogP contribution in [0, 0.1) is 0 Å². The summed E-state index contributed by atoms with van der Waals surface area (Å²) in [6.07, 6.45) is 3.08. The summed E-state index contributed by atoms with van der Waals surface area (Å²) < 4.78 is 4.88. The molecule has 1 heterocycles. The molecular formula is C10H14N2O2. The van der Waals surface area contributed by atoms with E-state index in [-0.39, 0.29) is 5.92 Å². The number of hydrogen-bond acceptors (Lipinski definition) is 4. The van der Waals surface area contributed by atoms with Crippen molar-refractivity contribution in [2.24, 2.45) is 0 Å². The fourth-order valence-corrected chi connectivity index (χ4v) is 1.13. The van der Waals surface area contributed by atoms with Gasteiger partial charge in [-0.05, 0) is 12.8 Å². The van der Waals surface area contributed by atoms with Crippen molar-refractivity contribution in [1.29, 1.82) is 0 Å². The Morgan fingerprint density at radius 3 is 2.64 bits per heavy atom. The number of carbonyl (C=O) groups excluding carboxylic acids is 1. The van der Waals surface area contributed by atoms with Crippen LogP contribution in [0.2, 0.25) is 0 Å². The van der Waals surface area contributed by atoms with Crippen LogP contribution in [-0.4, -0.2) is 22.5 Å². The average molecular weight is 194 g/mol. The van der Waals surface area contributed by atoms with Crippen molar-refractivity contribution in [3.05, 3.63) is 23.8 Å². The largest absolute Gasteiger partial charge is 0.461 e. The van der Waals surface area contributed by atoms with Gasteiger partial charge in [-0.25, -0.2) is 9.78 Å². The SMILES string of the molecule is CCOC(=O)c1nccnc1C(C)C. The number of aromatic nitrogens is 2. The zero-order valence-electron chi connectivity index (χ0n) is 8.65. The summed E-state index contributed by atoms with van der Waals surface area (Å²) in [4.78, 5) is 19.5. The van der Waals surface area contributed by atoms with Gasteiger partial charge in [0, 0.05) is 12.4 Å². The Morgan fingerprint density at radius 1 is 1.43 bits per heavy atom. The molecule has 0 bridgehead atoms. The van der Waals surface area contributed by atoms with Gasteiger partial charge in [-0.3, -0.25) is 4.98 Å². The zero-order valence-corrected chi connectivity index (χ0v) is 8.65. The van der Waals surface area contributed by atoms with Crippen molar-refractivity contribution < 1.29 is 9.53 Å². The van der Waals surface area contributed by atoms with E-state index in [0.717, 1.165) is 0 Å². The van der Waals surface area contributed by atoms with Crippen LogP contribution in [0.1, 0.15) is 42.9 Å². The third-order valence-electron chi connectivity index (χ3n) is 1.74. The maximum absolute atomic E-state index is 11.4. The summed E-state index contributed by atoms with van der Waals surface area (Å²) >= 11 is 0. The van der Waals surface area contributed by atoms with Gasteiger partial charge in [0.05, 0.1) is 12.3 Å². The van der Waals surface area contributed by atoms with E-state index in [1.54, 1.807) is 13.1 Å². The molecule has 0 saturated heterocycles. The summed E-state index contributed by atoms with van der Waals surface area (Å²) in [6, 6.07) is 0. The monoisotopic (exact) mass is 194 g/mol. The Bertz CT molecular complexity index is 324. The van der Waals surface area contributed by atoms with E-state index in [2.05, 4.69) is 9.97 Å². The Morgan fingerprint density at radius 2 is 2.07 bits per heavy atom. The number of carbonyl (C=O) groups is 1. The van der Waals surface area contributed by atoms with E-state index >= 15 is 0 Å². The molecule has 1 rings (SSSR count). The minimum absolute atomic E-state index is 0.170. The minimum Gasteiger partial charge on any atom is -0.461 e. The number of hydrogen-bond donors (Lipinski definition) is 0.